The molecular weight excluding hydrogens is 441 g/mol. The number of hydrogen-bond acceptors (Lipinski definition) is 8. The molecule has 0 aliphatic rings. The minimum absolute atomic E-state index is 0.0380. The summed E-state index contributed by atoms with van der Waals surface area (Å²) in [5, 5.41) is 11.8. The molecule has 4 rings (SSSR count). The van der Waals surface area contributed by atoms with Crippen LogP contribution < -0.4 is 21.4 Å². The van der Waals surface area contributed by atoms with E-state index in [1.165, 1.54) is 29.1 Å². The number of nitrogens with zero attached hydrogens (tertiary/aromatic N) is 6. The van der Waals surface area contributed by atoms with Gasteiger partial charge in [-0.15, -0.1) is 0 Å². The third kappa shape index (κ3) is 4.97. The Kier molecular flexibility index (Phi) is 6.40. The predicted molar refractivity (Wildman–Crippen MR) is 120 cm³/mol. The van der Waals surface area contributed by atoms with E-state index in [1.54, 1.807) is 43.3 Å². The molecule has 1 N–H and O–H groups in total. The monoisotopic (exact) mass is 459 g/mol. The van der Waals surface area contributed by atoms with Gasteiger partial charge in [0.2, 0.25) is 11.8 Å². The third-order valence-corrected chi connectivity index (χ3v) is 4.79. The van der Waals surface area contributed by atoms with E-state index < -0.39 is 11.4 Å². The van der Waals surface area contributed by atoms with Gasteiger partial charge in [0.1, 0.15) is 17.6 Å². The Labute approximate surface area is 192 Å². The van der Waals surface area contributed by atoms with E-state index in [4.69, 9.17) is 10.00 Å². The largest absolute Gasteiger partial charge is 0.454 e. The fourth-order valence-corrected chi connectivity index (χ4v) is 3.11. The lowest BCUT2D eigenvalue weighted by Gasteiger charge is -2.15. The van der Waals surface area contributed by atoms with E-state index >= 15 is 0 Å². The minimum Gasteiger partial charge on any atom is -0.454 e. The Morgan fingerprint density at radius 2 is 1.68 bits per heavy atom. The Morgan fingerprint density at radius 1 is 1.00 bits per heavy atom. The number of anilines is 2. The Hall–Kier alpha value is -4.85. The first-order valence-electron chi connectivity index (χ1n) is 10.2. The molecule has 10 nitrogen and oxygen atoms in total. The van der Waals surface area contributed by atoms with Crippen LogP contribution in [0.15, 0.2) is 70.5 Å². The highest BCUT2D eigenvalue weighted by molar-refractivity contribution is 5.55. The number of hydrogen-bond donors (Lipinski definition) is 1. The van der Waals surface area contributed by atoms with Crippen LogP contribution in [0.4, 0.5) is 16.0 Å². The van der Waals surface area contributed by atoms with E-state index in [0.717, 1.165) is 4.57 Å². The highest BCUT2D eigenvalue weighted by Gasteiger charge is 2.13. The zero-order chi connectivity index (χ0) is 24.1. The smallest absolute Gasteiger partial charge is 0.354 e. The molecule has 0 saturated heterocycles. The number of nitriles is 1. The van der Waals surface area contributed by atoms with Crippen molar-refractivity contribution < 1.29 is 9.13 Å². The minimum atomic E-state index is -0.675. The molecule has 0 bridgehead atoms. The number of halogens is 1. The molecule has 2 heterocycles. The number of aromatic nitrogens is 5. The Bertz CT molecular complexity index is 1460. The van der Waals surface area contributed by atoms with E-state index in [1.807, 2.05) is 6.07 Å². The second-order valence-corrected chi connectivity index (χ2v) is 7.06. The first-order chi connectivity index (χ1) is 16.5. The maximum atomic E-state index is 13.3. The lowest BCUT2D eigenvalue weighted by Crippen LogP contribution is -2.42. The lowest BCUT2D eigenvalue weighted by atomic mass is 10.2. The van der Waals surface area contributed by atoms with Crippen LogP contribution in [0.2, 0.25) is 0 Å². The first-order valence-corrected chi connectivity index (χ1v) is 10.2. The molecule has 0 amide bonds. The summed E-state index contributed by atoms with van der Waals surface area (Å²) in [5.74, 6) is 0.546. The van der Waals surface area contributed by atoms with Gasteiger partial charge in [0.05, 0.1) is 18.9 Å². The SMILES string of the molecule is CCn1c(=O)nc(Nc2ccc(Oc3cnc(C#N)nc3)cc2)n(Cc2ccc(F)cc2)c1=O. The summed E-state index contributed by atoms with van der Waals surface area (Å²) in [4.78, 5) is 37.0. The number of rotatable bonds is 7. The summed E-state index contributed by atoms with van der Waals surface area (Å²) in [5.41, 5.74) is 0.0149. The van der Waals surface area contributed by atoms with Gasteiger partial charge in [-0.1, -0.05) is 12.1 Å². The molecule has 34 heavy (non-hydrogen) atoms. The molecule has 0 unspecified atom stereocenters. The van der Waals surface area contributed by atoms with Gasteiger partial charge in [0, 0.05) is 12.2 Å². The van der Waals surface area contributed by atoms with Crippen molar-refractivity contribution in [3.63, 3.8) is 0 Å². The maximum absolute atomic E-state index is 13.3. The summed E-state index contributed by atoms with van der Waals surface area (Å²) in [7, 11) is 0. The van der Waals surface area contributed by atoms with Crippen molar-refractivity contribution in [2.24, 2.45) is 0 Å². The van der Waals surface area contributed by atoms with Gasteiger partial charge >= 0.3 is 11.4 Å². The molecule has 2 aromatic carbocycles. The number of nitrogens with one attached hydrogen (secondary N) is 1. The van der Waals surface area contributed by atoms with Crippen LogP contribution in [-0.4, -0.2) is 24.1 Å². The summed E-state index contributed by atoms with van der Waals surface area (Å²) in [6.07, 6.45) is 2.77. The van der Waals surface area contributed by atoms with Gasteiger partial charge < -0.3 is 10.1 Å². The number of benzene rings is 2. The van der Waals surface area contributed by atoms with Gasteiger partial charge in [-0.25, -0.2) is 28.5 Å². The molecule has 0 fully saturated rings. The van der Waals surface area contributed by atoms with E-state index in [0.29, 0.717) is 22.7 Å². The molecule has 0 atom stereocenters. The molecule has 0 spiro atoms. The van der Waals surface area contributed by atoms with Crippen molar-refractivity contribution >= 4 is 11.6 Å². The Morgan fingerprint density at radius 3 is 2.29 bits per heavy atom. The summed E-state index contributed by atoms with van der Waals surface area (Å²) < 4.78 is 21.3. The highest BCUT2D eigenvalue weighted by atomic mass is 19.1. The van der Waals surface area contributed by atoms with Gasteiger partial charge in [-0.2, -0.15) is 10.2 Å². The van der Waals surface area contributed by atoms with Gasteiger partial charge in [0.25, 0.3) is 0 Å². The maximum Gasteiger partial charge on any atom is 0.354 e. The molecule has 4 aromatic rings. The summed E-state index contributed by atoms with van der Waals surface area (Å²) in [6.45, 7) is 1.94. The molecule has 2 aromatic heterocycles. The molecule has 11 heteroatoms. The van der Waals surface area contributed by atoms with Crippen LogP contribution >= 0.6 is 0 Å². The predicted octanol–water partition coefficient (Wildman–Crippen LogP) is 2.81. The van der Waals surface area contributed by atoms with Crippen molar-refractivity contribution in [3.05, 3.63) is 99.1 Å². The van der Waals surface area contributed by atoms with Crippen molar-refractivity contribution in [1.82, 2.24) is 24.1 Å². The van der Waals surface area contributed by atoms with Crippen LogP contribution in [-0.2, 0) is 13.1 Å². The number of ether oxygens (including phenoxy) is 1. The first kappa shape index (κ1) is 22.3. The van der Waals surface area contributed by atoms with Crippen LogP contribution in [0.5, 0.6) is 11.5 Å². The average Bonchev–Trinajstić information content (AvgIpc) is 2.84. The molecule has 170 valence electrons. The Balaban J connectivity index is 1.59. The normalized spacial score (nSPS) is 10.5. The van der Waals surface area contributed by atoms with Gasteiger partial charge in [0.15, 0.2) is 5.75 Å². The quantitative estimate of drug-likeness (QED) is 0.447. The standard InChI is InChI=1S/C23H18FN7O3/c1-2-30-22(32)29-21(31(23(30)33)14-15-3-5-16(24)6-4-15)28-17-7-9-18(10-8-17)34-19-12-26-20(11-25)27-13-19/h3-10,12-13H,2,14H2,1H3,(H,28,29,32). The second kappa shape index (κ2) is 9.74. The highest BCUT2D eigenvalue weighted by Crippen LogP contribution is 2.23. The topological polar surface area (TPSA) is 128 Å². The average molecular weight is 459 g/mol. The fraction of sp³-hybridized carbons (Fsp3) is 0.130. The van der Waals surface area contributed by atoms with E-state index in [2.05, 4.69) is 20.3 Å². The fourth-order valence-electron chi connectivity index (χ4n) is 3.11. The van der Waals surface area contributed by atoms with Crippen molar-refractivity contribution in [2.45, 2.75) is 20.0 Å². The van der Waals surface area contributed by atoms with E-state index in [9.17, 15) is 14.0 Å². The molecule has 0 radical (unpaired) electrons. The zero-order valence-electron chi connectivity index (χ0n) is 18.0. The lowest BCUT2D eigenvalue weighted by molar-refractivity contribution is 0.477. The summed E-state index contributed by atoms with van der Waals surface area (Å²) in [6, 6.07) is 14.2. The molecular formula is C23H18FN7O3. The zero-order valence-corrected chi connectivity index (χ0v) is 18.0. The van der Waals surface area contributed by atoms with Crippen LogP contribution in [0.1, 0.15) is 18.3 Å². The molecule has 0 aliphatic heterocycles. The summed E-state index contributed by atoms with van der Waals surface area (Å²) >= 11 is 0. The van der Waals surface area contributed by atoms with Gasteiger partial charge in [-0.05, 0) is 48.9 Å². The molecule has 0 saturated carbocycles. The van der Waals surface area contributed by atoms with Crippen LogP contribution in [0.25, 0.3) is 0 Å². The van der Waals surface area contributed by atoms with E-state index in [-0.39, 0.29) is 30.7 Å². The van der Waals surface area contributed by atoms with Crippen LogP contribution in [0.3, 0.4) is 0 Å². The van der Waals surface area contributed by atoms with Crippen molar-refractivity contribution in [3.8, 4) is 17.6 Å². The third-order valence-electron chi connectivity index (χ3n) is 4.79. The van der Waals surface area contributed by atoms with Crippen molar-refractivity contribution in [1.29, 1.82) is 5.26 Å². The second-order valence-electron chi connectivity index (χ2n) is 7.06. The van der Waals surface area contributed by atoms with Crippen molar-refractivity contribution in [2.75, 3.05) is 5.32 Å². The van der Waals surface area contributed by atoms with Gasteiger partial charge in [-0.3, -0.25) is 4.57 Å². The molecule has 0 aliphatic carbocycles. The van der Waals surface area contributed by atoms with Crippen LogP contribution in [0, 0.1) is 17.1 Å².